The van der Waals surface area contributed by atoms with Gasteiger partial charge in [0, 0.05) is 43.7 Å². The molecule has 6 nitrogen and oxygen atoms in total. The molecule has 1 aromatic heterocycles. The Morgan fingerprint density at radius 1 is 1.61 bits per heavy atom. The Bertz CT molecular complexity index is 478. The second-order valence-corrected chi connectivity index (χ2v) is 6.80. The summed E-state index contributed by atoms with van der Waals surface area (Å²) in [7, 11) is 1.78. The Morgan fingerprint density at radius 3 is 3.04 bits per heavy atom. The van der Waals surface area contributed by atoms with Gasteiger partial charge in [0.2, 0.25) is 0 Å². The number of aromatic nitrogens is 1. The molecule has 2 atom stereocenters. The maximum Gasteiger partial charge on any atom is 0.191 e. The first-order valence-corrected chi connectivity index (χ1v) is 8.57. The number of hydrogen-bond acceptors (Lipinski definition) is 5. The highest BCUT2D eigenvalue weighted by Crippen LogP contribution is 2.11. The van der Waals surface area contributed by atoms with Gasteiger partial charge in [0.05, 0.1) is 24.3 Å². The number of guanidine groups is 1. The Labute approximate surface area is 159 Å². The van der Waals surface area contributed by atoms with Crippen LogP contribution in [0.1, 0.15) is 23.2 Å². The number of thiazole rings is 1. The number of hydrogen-bond donors (Lipinski definition) is 2. The van der Waals surface area contributed by atoms with Gasteiger partial charge in [-0.25, -0.2) is 4.98 Å². The molecule has 1 aliphatic rings. The molecule has 1 fully saturated rings. The van der Waals surface area contributed by atoms with Crippen molar-refractivity contribution in [3.8, 4) is 0 Å². The number of aryl methyl sites for hydroxylation is 1. The smallest absolute Gasteiger partial charge is 0.191 e. The maximum absolute atomic E-state index is 5.81. The van der Waals surface area contributed by atoms with Gasteiger partial charge in [0.1, 0.15) is 0 Å². The lowest BCUT2D eigenvalue weighted by molar-refractivity contribution is 0.0347. The van der Waals surface area contributed by atoms with Crippen molar-refractivity contribution in [1.29, 1.82) is 0 Å². The molecule has 0 aromatic carbocycles. The molecule has 0 aliphatic carbocycles. The minimum atomic E-state index is 0. The summed E-state index contributed by atoms with van der Waals surface area (Å²) < 4.78 is 11.1. The van der Waals surface area contributed by atoms with E-state index in [0.29, 0.717) is 13.2 Å². The molecule has 1 aromatic rings. The van der Waals surface area contributed by atoms with Crippen LogP contribution in [-0.2, 0) is 15.9 Å². The van der Waals surface area contributed by atoms with E-state index in [1.165, 1.54) is 4.88 Å². The highest BCUT2D eigenvalue weighted by atomic mass is 127. The molecule has 132 valence electrons. The van der Waals surface area contributed by atoms with Gasteiger partial charge in [-0.1, -0.05) is 0 Å². The van der Waals surface area contributed by atoms with Crippen molar-refractivity contribution in [3.05, 3.63) is 16.1 Å². The molecule has 0 amide bonds. The van der Waals surface area contributed by atoms with E-state index < -0.39 is 0 Å². The molecular formula is C15H27IN4O2S. The average Bonchev–Trinajstić information content (AvgIpc) is 3.15. The summed E-state index contributed by atoms with van der Waals surface area (Å²) in [5, 5.41) is 7.80. The van der Waals surface area contributed by atoms with E-state index in [1.807, 2.05) is 6.20 Å². The molecule has 8 heteroatoms. The van der Waals surface area contributed by atoms with Crippen molar-refractivity contribution in [3.63, 3.8) is 0 Å². The molecule has 2 unspecified atom stereocenters. The summed E-state index contributed by atoms with van der Waals surface area (Å²) in [5.41, 5.74) is 0. The lowest BCUT2D eigenvalue weighted by Crippen LogP contribution is -2.45. The molecule has 2 rings (SSSR count). The van der Waals surface area contributed by atoms with E-state index in [9.17, 15) is 0 Å². The van der Waals surface area contributed by atoms with Crippen LogP contribution in [0.4, 0.5) is 0 Å². The number of aliphatic imine (C=N–C) groups is 1. The van der Waals surface area contributed by atoms with Crippen molar-refractivity contribution in [1.82, 2.24) is 15.6 Å². The van der Waals surface area contributed by atoms with E-state index in [1.54, 1.807) is 18.4 Å². The molecule has 0 radical (unpaired) electrons. The number of nitrogens with zero attached hydrogens (tertiary/aromatic N) is 2. The predicted octanol–water partition coefficient (Wildman–Crippen LogP) is 1.97. The fraction of sp³-hybridized carbons (Fsp3) is 0.733. The first-order valence-electron chi connectivity index (χ1n) is 7.75. The highest BCUT2D eigenvalue weighted by molar-refractivity contribution is 14.0. The first kappa shape index (κ1) is 20.6. The normalized spacial score (nSPS) is 19.3. The van der Waals surface area contributed by atoms with Gasteiger partial charge in [0.15, 0.2) is 5.96 Å². The van der Waals surface area contributed by atoms with Gasteiger partial charge in [-0.15, -0.1) is 35.3 Å². The van der Waals surface area contributed by atoms with Crippen LogP contribution >= 0.6 is 35.3 Å². The molecule has 23 heavy (non-hydrogen) atoms. The molecular weight excluding hydrogens is 427 g/mol. The fourth-order valence-corrected chi connectivity index (χ4v) is 2.99. The SMILES string of the molecule is CN=C(NCCc1ncc(C)s1)NC(C)COC1CCOC1.I. The largest absolute Gasteiger partial charge is 0.379 e. The monoisotopic (exact) mass is 454 g/mol. The van der Waals surface area contributed by atoms with E-state index >= 15 is 0 Å². The van der Waals surface area contributed by atoms with Crippen molar-refractivity contribution in [2.75, 3.05) is 33.4 Å². The summed E-state index contributed by atoms with van der Waals surface area (Å²) in [5.74, 6) is 0.798. The van der Waals surface area contributed by atoms with E-state index in [-0.39, 0.29) is 36.1 Å². The Kier molecular flexibility index (Phi) is 10.00. The van der Waals surface area contributed by atoms with E-state index in [0.717, 1.165) is 37.0 Å². The van der Waals surface area contributed by atoms with E-state index in [4.69, 9.17) is 9.47 Å². The van der Waals surface area contributed by atoms with Gasteiger partial charge in [0.25, 0.3) is 0 Å². The van der Waals surface area contributed by atoms with Crippen LogP contribution in [0.2, 0.25) is 0 Å². The van der Waals surface area contributed by atoms with Gasteiger partial charge < -0.3 is 20.1 Å². The first-order chi connectivity index (χ1) is 10.7. The standard InChI is InChI=1S/C15H26N4O2S.HI/c1-11(9-21-13-5-7-20-10-13)19-15(16-3)17-6-4-14-18-8-12(2)22-14;/h8,11,13H,4-7,9-10H2,1-3H3,(H2,16,17,19);1H. The van der Waals surface area contributed by atoms with Crippen LogP contribution in [-0.4, -0.2) is 56.5 Å². The van der Waals surface area contributed by atoms with Crippen molar-refractivity contribution in [2.24, 2.45) is 4.99 Å². The zero-order valence-electron chi connectivity index (χ0n) is 14.0. The molecule has 0 spiro atoms. The third-order valence-electron chi connectivity index (χ3n) is 3.38. The van der Waals surface area contributed by atoms with Crippen LogP contribution in [0.5, 0.6) is 0 Å². The molecule has 1 saturated heterocycles. The molecule has 0 bridgehead atoms. The number of nitrogens with one attached hydrogen (secondary N) is 2. The average molecular weight is 454 g/mol. The van der Waals surface area contributed by atoms with Gasteiger partial charge >= 0.3 is 0 Å². The van der Waals surface area contributed by atoms with Crippen molar-refractivity contribution < 1.29 is 9.47 Å². The third kappa shape index (κ3) is 7.77. The zero-order chi connectivity index (χ0) is 15.8. The summed E-state index contributed by atoms with van der Waals surface area (Å²) in [6.45, 7) is 7.16. The Hall–Kier alpha value is -0.450. The summed E-state index contributed by atoms with van der Waals surface area (Å²) in [6.07, 6.45) is 4.06. The van der Waals surface area contributed by atoms with Crippen LogP contribution in [0.15, 0.2) is 11.2 Å². The van der Waals surface area contributed by atoms with Crippen molar-refractivity contribution in [2.45, 2.75) is 38.8 Å². The number of halogens is 1. The van der Waals surface area contributed by atoms with Gasteiger partial charge in [-0.3, -0.25) is 4.99 Å². The molecule has 0 saturated carbocycles. The van der Waals surface area contributed by atoms with Gasteiger partial charge in [-0.2, -0.15) is 0 Å². The second kappa shape index (κ2) is 11.2. The second-order valence-electron chi connectivity index (χ2n) is 5.48. The summed E-state index contributed by atoms with van der Waals surface area (Å²) >= 11 is 1.74. The summed E-state index contributed by atoms with van der Waals surface area (Å²) in [6, 6.07) is 0.203. The van der Waals surface area contributed by atoms with Crippen LogP contribution < -0.4 is 10.6 Å². The zero-order valence-corrected chi connectivity index (χ0v) is 17.1. The fourth-order valence-electron chi connectivity index (χ4n) is 2.20. The van der Waals surface area contributed by atoms with Crippen LogP contribution in [0.25, 0.3) is 0 Å². The Balaban J connectivity index is 0.00000264. The van der Waals surface area contributed by atoms with Crippen LogP contribution in [0.3, 0.4) is 0 Å². The lowest BCUT2D eigenvalue weighted by Gasteiger charge is -2.19. The maximum atomic E-state index is 5.81. The number of ether oxygens (including phenoxy) is 2. The minimum absolute atomic E-state index is 0. The third-order valence-corrected chi connectivity index (χ3v) is 4.35. The van der Waals surface area contributed by atoms with Gasteiger partial charge in [-0.05, 0) is 20.3 Å². The Morgan fingerprint density at radius 2 is 2.43 bits per heavy atom. The molecule has 2 heterocycles. The highest BCUT2D eigenvalue weighted by Gasteiger charge is 2.17. The quantitative estimate of drug-likeness (QED) is 0.375. The lowest BCUT2D eigenvalue weighted by atomic mass is 10.3. The number of rotatable bonds is 7. The minimum Gasteiger partial charge on any atom is -0.379 e. The molecule has 1 aliphatic heterocycles. The molecule has 2 N–H and O–H groups in total. The summed E-state index contributed by atoms with van der Waals surface area (Å²) in [4.78, 5) is 9.85. The van der Waals surface area contributed by atoms with E-state index in [2.05, 4.69) is 34.5 Å². The predicted molar refractivity (Wildman–Crippen MR) is 105 cm³/mol. The van der Waals surface area contributed by atoms with Crippen LogP contribution in [0, 0.1) is 6.92 Å². The van der Waals surface area contributed by atoms with Crippen molar-refractivity contribution >= 4 is 41.3 Å². The topological polar surface area (TPSA) is 67.8 Å².